The van der Waals surface area contributed by atoms with Crippen LogP contribution in [0.15, 0.2) is 24.3 Å². The Balaban J connectivity index is 2.50. The summed E-state index contributed by atoms with van der Waals surface area (Å²) in [5.41, 5.74) is 0.994. The zero-order valence-corrected chi connectivity index (χ0v) is 10.5. The maximum Gasteiger partial charge on any atom is 0.251 e. The fourth-order valence-electron chi connectivity index (χ4n) is 1.38. The molecule has 1 amide bonds. The minimum Gasteiger partial charge on any atom is -0.352 e. The van der Waals surface area contributed by atoms with Crippen LogP contribution in [0.4, 0.5) is 0 Å². The first kappa shape index (κ1) is 13.5. The molecule has 0 aliphatic heterocycles. The fourth-order valence-corrected chi connectivity index (χ4v) is 1.49. The molecule has 0 fully saturated rings. The average Bonchev–Trinajstić information content (AvgIpc) is 2.38. The monoisotopic (exact) mass is 250 g/mol. The molecule has 0 radical (unpaired) electrons. The predicted molar refractivity (Wildman–Crippen MR) is 68.0 cm³/mol. The number of nitriles is 1. The van der Waals surface area contributed by atoms with Crippen molar-refractivity contribution in [2.45, 2.75) is 25.1 Å². The van der Waals surface area contributed by atoms with Crippen LogP contribution >= 0.6 is 11.6 Å². The van der Waals surface area contributed by atoms with Gasteiger partial charge in [-0.1, -0.05) is 13.0 Å². The molecular formula is C13H15ClN2O. The Morgan fingerprint density at radius 2 is 2.35 bits per heavy atom. The van der Waals surface area contributed by atoms with E-state index in [0.29, 0.717) is 17.7 Å². The van der Waals surface area contributed by atoms with Crippen LogP contribution in [0.3, 0.4) is 0 Å². The molecule has 1 rings (SSSR count). The van der Waals surface area contributed by atoms with Gasteiger partial charge < -0.3 is 5.32 Å². The summed E-state index contributed by atoms with van der Waals surface area (Å²) in [7, 11) is 0. The SMILES string of the molecule is CCC(Cl)CCNC(=O)c1cccc(C#N)c1. The van der Waals surface area contributed by atoms with Crippen molar-refractivity contribution >= 4 is 17.5 Å². The lowest BCUT2D eigenvalue weighted by Crippen LogP contribution is -2.26. The van der Waals surface area contributed by atoms with Gasteiger partial charge in [0.2, 0.25) is 0 Å². The number of carbonyl (C=O) groups excluding carboxylic acids is 1. The highest BCUT2D eigenvalue weighted by Gasteiger charge is 2.07. The van der Waals surface area contributed by atoms with Crippen molar-refractivity contribution in [2.24, 2.45) is 0 Å². The molecule has 90 valence electrons. The van der Waals surface area contributed by atoms with E-state index in [0.717, 1.165) is 12.8 Å². The average molecular weight is 251 g/mol. The molecule has 1 N–H and O–H groups in total. The molecule has 0 saturated carbocycles. The number of carbonyl (C=O) groups is 1. The molecular weight excluding hydrogens is 236 g/mol. The number of rotatable bonds is 5. The maximum absolute atomic E-state index is 11.7. The van der Waals surface area contributed by atoms with Crippen LogP contribution in [-0.2, 0) is 0 Å². The van der Waals surface area contributed by atoms with Gasteiger partial charge >= 0.3 is 0 Å². The number of nitrogens with one attached hydrogen (secondary N) is 1. The molecule has 0 heterocycles. The summed E-state index contributed by atoms with van der Waals surface area (Å²) >= 11 is 5.95. The summed E-state index contributed by atoms with van der Waals surface area (Å²) in [6.45, 7) is 2.56. The molecule has 0 bridgehead atoms. The van der Waals surface area contributed by atoms with Crippen LogP contribution in [0.2, 0.25) is 0 Å². The normalized spacial score (nSPS) is 11.6. The summed E-state index contributed by atoms with van der Waals surface area (Å²) in [6.07, 6.45) is 1.64. The van der Waals surface area contributed by atoms with Crippen LogP contribution in [0.5, 0.6) is 0 Å². The number of nitrogens with zero attached hydrogens (tertiary/aromatic N) is 1. The van der Waals surface area contributed by atoms with Gasteiger partial charge in [0.1, 0.15) is 0 Å². The van der Waals surface area contributed by atoms with E-state index < -0.39 is 0 Å². The summed E-state index contributed by atoms with van der Waals surface area (Å²) in [4.78, 5) is 11.7. The van der Waals surface area contributed by atoms with Crippen LogP contribution in [0, 0.1) is 11.3 Å². The van der Waals surface area contributed by atoms with E-state index in [1.165, 1.54) is 0 Å². The lowest BCUT2D eigenvalue weighted by molar-refractivity contribution is 0.0953. The Hall–Kier alpha value is -1.53. The number of hydrogen-bond donors (Lipinski definition) is 1. The van der Waals surface area contributed by atoms with Gasteiger partial charge in [-0.15, -0.1) is 11.6 Å². The van der Waals surface area contributed by atoms with Crippen molar-refractivity contribution in [3.63, 3.8) is 0 Å². The molecule has 1 unspecified atom stereocenters. The zero-order valence-electron chi connectivity index (χ0n) is 9.74. The third-order valence-electron chi connectivity index (χ3n) is 2.44. The largest absolute Gasteiger partial charge is 0.352 e. The first-order valence-electron chi connectivity index (χ1n) is 5.59. The minimum absolute atomic E-state index is 0.0979. The Labute approximate surface area is 106 Å². The first-order chi connectivity index (χ1) is 8.17. The third-order valence-corrected chi connectivity index (χ3v) is 2.97. The van der Waals surface area contributed by atoms with E-state index in [2.05, 4.69) is 5.32 Å². The topological polar surface area (TPSA) is 52.9 Å². The molecule has 4 heteroatoms. The number of halogens is 1. The molecule has 1 atom stereocenters. The van der Waals surface area contributed by atoms with Crippen molar-refractivity contribution in [2.75, 3.05) is 6.54 Å². The van der Waals surface area contributed by atoms with E-state index >= 15 is 0 Å². The summed E-state index contributed by atoms with van der Waals surface area (Å²) < 4.78 is 0. The predicted octanol–water partition coefficient (Wildman–Crippen LogP) is 2.70. The van der Waals surface area contributed by atoms with Gasteiger partial charge in [0.25, 0.3) is 5.91 Å². The summed E-state index contributed by atoms with van der Waals surface area (Å²) in [6, 6.07) is 8.64. The van der Waals surface area contributed by atoms with Crippen molar-refractivity contribution in [3.8, 4) is 6.07 Å². The van der Waals surface area contributed by atoms with Gasteiger partial charge in [0.15, 0.2) is 0 Å². The molecule has 0 aromatic heterocycles. The Kier molecular flexibility index (Phi) is 5.51. The van der Waals surface area contributed by atoms with Crippen molar-refractivity contribution in [3.05, 3.63) is 35.4 Å². The van der Waals surface area contributed by atoms with Crippen LogP contribution in [0.25, 0.3) is 0 Å². The first-order valence-corrected chi connectivity index (χ1v) is 6.03. The minimum atomic E-state index is -0.165. The van der Waals surface area contributed by atoms with Crippen LogP contribution in [-0.4, -0.2) is 17.8 Å². The highest BCUT2D eigenvalue weighted by molar-refractivity contribution is 6.20. The van der Waals surface area contributed by atoms with Gasteiger partial charge in [0.05, 0.1) is 11.6 Å². The highest BCUT2D eigenvalue weighted by Crippen LogP contribution is 2.06. The number of amides is 1. The smallest absolute Gasteiger partial charge is 0.251 e. The van der Waals surface area contributed by atoms with E-state index in [9.17, 15) is 4.79 Å². The van der Waals surface area contributed by atoms with E-state index in [1.54, 1.807) is 24.3 Å². The van der Waals surface area contributed by atoms with Crippen LogP contribution < -0.4 is 5.32 Å². The second kappa shape index (κ2) is 6.93. The third kappa shape index (κ3) is 4.46. The summed E-state index contributed by atoms with van der Waals surface area (Å²) in [5.74, 6) is -0.165. The van der Waals surface area contributed by atoms with E-state index in [-0.39, 0.29) is 11.3 Å². The van der Waals surface area contributed by atoms with Gasteiger partial charge in [-0.3, -0.25) is 4.79 Å². The van der Waals surface area contributed by atoms with Gasteiger partial charge in [0, 0.05) is 17.5 Å². The Morgan fingerprint density at radius 1 is 1.59 bits per heavy atom. The highest BCUT2D eigenvalue weighted by atomic mass is 35.5. The Bertz CT molecular complexity index is 426. The van der Waals surface area contributed by atoms with Gasteiger partial charge in [-0.05, 0) is 31.0 Å². The molecule has 0 aliphatic carbocycles. The van der Waals surface area contributed by atoms with Crippen molar-refractivity contribution < 1.29 is 4.79 Å². The lowest BCUT2D eigenvalue weighted by Gasteiger charge is -2.08. The molecule has 17 heavy (non-hydrogen) atoms. The molecule has 1 aromatic carbocycles. The molecule has 1 aromatic rings. The molecule has 3 nitrogen and oxygen atoms in total. The second-order valence-corrected chi connectivity index (χ2v) is 4.36. The number of hydrogen-bond acceptors (Lipinski definition) is 2. The molecule has 0 saturated heterocycles. The molecule has 0 aliphatic rings. The second-order valence-electron chi connectivity index (χ2n) is 3.74. The van der Waals surface area contributed by atoms with Crippen LogP contribution in [0.1, 0.15) is 35.7 Å². The van der Waals surface area contributed by atoms with Crippen molar-refractivity contribution in [1.82, 2.24) is 5.32 Å². The van der Waals surface area contributed by atoms with Crippen molar-refractivity contribution in [1.29, 1.82) is 5.26 Å². The quantitative estimate of drug-likeness (QED) is 0.817. The van der Waals surface area contributed by atoms with Gasteiger partial charge in [-0.25, -0.2) is 0 Å². The van der Waals surface area contributed by atoms with E-state index in [1.807, 2.05) is 13.0 Å². The summed E-state index contributed by atoms with van der Waals surface area (Å²) in [5, 5.41) is 11.6. The zero-order chi connectivity index (χ0) is 12.7. The lowest BCUT2D eigenvalue weighted by atomic mass is 10.1. The standard InChI is InChI=1S/C13H15ClN2O/c1-2-12(14)6-7-16-13(17)11-5-3-4-10(8-11)9-15/h3-5,8,12H,2,6-7H2,1H3,(H,16,17). The molecule has 0 spiro atoms. The number of alkyl halides is 1. The fraction of sp³-hybridized carbons (Fsp3) is 0.385. The van der Waals surface area contributed by atoms with E-state index in [4.69, 9.17) is 16.9 Å². The van der Waals surface area contributed by atoms with Gasteiger partial charge in [-0.2, -0.15) is 5.26 Å². The maximum atomic E-state index is 11.7. The number of benzene rings is 1. The Morgan fingerprint density at radius 3 is 3.00 bits per heavy atom.